The topological polar surface area (TPSA) is 32.8 Å². The van der Waals surface area contributed by atoms with Crippen molar-refractivity contribution in [1.82, 2.24) is 0 Å². The first-order valence-corrected chi connectivity index (χ1v) is 4.17. The van der Waals surface area contributed by atoms with E-state index in [1.165, 1.54) is 0 Å². The molecule has 1 fully saturated rings. The molecule has 1 aliphatic heterocycles. The Morgan fingerprint density at radius 1 is 1.36 bits per heavy atom. The Bertz CT molecular complexity index is 140. The van der Waals surface area contributed by atoms with Crippen molar-refractivity contribution in [3.05, 3.63) is 0 Å². The van der Waals surface area contributed by atoms with Crippen molar-refractivity contribution in [3.63, 3.8) is 0 Å². The largest absolute Gasteiger partial charge is 0.390 e. The first-order valence-electron chi connectivity index (χ1n) is 4.17. The lowest BCUT2D eigenvalue weighted by Gasteiger charge is -2.36. The molecular formula is C9H18O2. The zero-order valence-electron chi connectivity index (χ0n) is 7.85. The molecule has 11 heavy (non-hydrogen) atoms. The van der Waals surface area contributed by atoms with Crippen molar-refractivity contribution in [2.45, 2.75) is 45.8 Å². The zero-order valence-corrected chi connectivity index (χ0v) is 7.85. The van der Waals surface area contributed by atoms with Gasteiger partial charge in [-0.1, -0.05) is 20.8 Å². The van der Waals surface area contributed by atoms with E-state index < -0.39 is 5.60 Å². The van der Waals surface area contributed by atoms with Crippen LogP contribution in [0.2, 0.25) is 0 Å². The van der Waals surface area contributed by atoms with Crippen LogP contribution in [0, 0.1) is 5.41 Å². The Labute approximate surface area is 68.6 Å². The molecule has 2 nitrogen and oxygen atoms in total. The van der Waals surface area contributed by atoms with E-state index in [4.69, 9.17) is 4.74 Å². The summed E-state index contributed by atoms with van der Waals surface area (Å²) in [5.74, 6) is 0. The summed E-state index contributed by atoms with van der Waals surface area (Å²) < 4.78 is 5.08. The van der Waals surface area contributed by atoms with E-state index >= 15 is 0 Å². The quantitative estimate of drug-likeness (QED) is 0.619. The monoisotopic (exact) mass is 158 g/mol. The second-order valence-electron chi connectivity index (χ2n) is 4.68. The van der Waals surface area contributed by atoms with Gasteiger partial charge in [0.2, 0.25) is 0 Å². The van der Waals surface area contributed by atoms with Crippen molar-refractivity contribution in [1.29, 1.82) is 0 Å². The van der Waals surface area contributed by atoms with Gasteiger partial charge in [0.1, 0.15) is 0 Å². The van der Waals surface area contributed by atoms with Gasteiger partial charge in [0.05, 0.1) is 18.3 Å². The molecule has 0 aromatic rings. The number of epoxide rings is 1. The second kappa shape index (κ2) is 2.46. The molecule has 0 aromatic carbocycles. The molecule has 1 rings (SSSR count). The first-order chi connectivity index (χ1) is 4.83. The molecule has 1 heterocycles. The summed E-state index contributed by atoms with van der Waals surface area (Å²) in [7, 11) is 0. The van der Waals surface area contributed by atoms with Gasteiger partial charge in [0, 0.05) is 6.42 Å². The van der Waals surface area contributed by atoms with Gasteiger partial charge in [-0.2, -0.15) is 0 Å². The van der Waals surface area contributed by atoms with Gasteiger partial charge in [0.15, 0.2) is 0 Å². The van der Waals surface area contributed by atoms with E-state index in [9.17, 15) is 5.11 Å². The highest BCUT2D eigenvalue weighted by Crippen LogP contribution is 2.36. The number of hydrogen-bond donors (Lipinski definition) is 1. The molecule has 0 spiro atoms. The standard InChI is InChI=1S/C9H18O2/c1-8(2,3)9(4,10)5-7-6-11-7/h7,10H,5-6H2,1-4H3/t7-,9-/m1/s1. The molecule has 1 saturated heterocycles. The SMILES string of the molecule is CC(C)(C)[C@](C)(O)C[C@@H]1CO1. The summed E-state index contributed by atoms with van der Waals surface area (Å²) in [5.41, 5.74) is -0.660. The molecule has 1 aliphatic rings. The Morgan fingerprint density at radius 3 is 2.09 bits per heavy atom. The van der Waals surface area contributed by atoms with Gasteiger partial charge < -0.3 is 9.84 Å². The second-order valence-corrected chi connectivity index (χ2v) is 4.68. The lowest BCUT2D eigenvalue weighted by atomic mass is 9.75. The Hall–Kier alpha value is -0.0800. The third-order valence-electron chi connectivity index (χ3n) is 2.64. The summed E-state index contributed by atoms with van der Waals surface area (Å²) in [4.78, 5) is 0. The average Bonchev–Trinajstić information content (AvgIpc) is 2.45. The predicted molar refractivity (Wildman–Crippen MR) is 44.4 cm³/mol. The van der Waals surface area contributed by atoms with Crippen LogP contribution >= 0.6 is 0 Å². The maximum absolute atomic E-state index is 9.98. The third-order valence-corrected chi connectivity index (χ3v) is 2.64. The Balaban J connectivity index is 2.49. The van der Waals surface area contributed by atoms with Gasteiger partial charge in [-0.25, -0.2) is 0 Å². The predicted octanol–water partition coefficient (Wildman–Crippen LogP) is 1.57. The van der Waals surface area contributed by atoms with Crippen molar-refractivity contribution >= 4 is 0 Å². The summed E-state index contributed by atoms with van der Waals surface area (Å²) in [6.45, 7) is 8.86. The number of rotatable bonds is 2. The van der Waals surface area contributed by atoms with E-state index in [1.807, 2.05) is 6.92 Å². The molecule has 0 unspecified atom stereocenters. The summed E-state index contributed by atoms with van der Waals surface area (Å²) in [6, 6.07) is 0. The van der Waals surface area contributed by atoms with Gasteiger partial charge >= 0.3 is 0 Å². The van der Waals surface area contributed by atoms with Crippen molar-refractivity contribution in [2.75, 3.05) is 6.61 Å². The van der Waals surface area contributed by atoms with E-state index in [0.29, 0.717) is 6.10 Å². The molecule has 2 atom stereocenters. The van der Waals surface area contributed by atoms with Crippen LogP contribution in [0.15, 0.2) is 0 Å². The minimum atomic E-state index is -0.603. The van der Waals surface area contributed by atoms with Crippen molar-refractivity contribution in [3.8, 4) is 0 Å². The summed E-state index contributed by atoms with van der Waals surface area (Å²) in [6.07, 6.45) is 1.07. The molecule has 0 aromatic heterocycles. The van der Waals surface area contributed by atoms with Gasteiger partial charge in [0.25, 0.3) is 0 Å². The summed E-state index contributed by atoms with van der Waals surface area (Å²) in [5, 5.41) is 9.98. The molecular weight excluding hydrogens is 140 g/mol. The maximum Gasteiger partial charge on any atom is 0.0837 e. The van der Waals surface area contributed by atoms with Crippen LogP contribution in [0.3, 0.4) is 0 Å². The zero-order chi connectivity index (χ0) is 8.70. The van der Waals surface area contributed by atoms with Crippen LogP contribution < -0.4 is 0 Å². The molecule has 2 heteroatoms. The number of ether oxygens (including phenoxy) is 1. The fourth-order valence-corrected chi connectivity index (χ4v) is 0.935. The molecule has 66 valence electrons. The highest BCUT2D eigenvalue weighted by atomic mass is 16.6. The molecule has 1 N–H and O–H groups in total. The van der Waals surface area contributed by atoms with Crippen molar-refractivity contribution in [2.24, 2.45) is 5.41 Å². The average molecular weight is 158 g/mol. The lowest BCUT2D eigenvalue weighted by molar-refractivity contribution is -0.0525. The molecule has 0 amide bonds. The smallest absolute Gasteiger partial charge is 0.0837 e. The lowest BCUT2D eigenvalue weighted by Crippen LogP contribution is -2.40. The highest BCUT2D eigenvalue weighted by Gasteiger charge is 2.40. The molecule has 0 saturated carbocycles. The third kappa shape index (κ3) is 2.17. The molecule has 0 radical (unpaired) electrons. The normalized spacial score (nSPS) is 29.7. The minimum absolute atomic E-state index is 0.0566. The van der Waals surface area contributed by atoms with E-state index in [2.05, 4.69) is 20.8 Å². The van der Waals surface area contributed by atoms with Crippen LogP contribution in [0.1, 0.15) is 34.1 Å². The Morgan fingerprint density at radius 2 is 1.82 bits per heavy atom. The fraction of sp³-hybridized carbons (Fsp3) is 1.00. The van der Waals surface area contributed by atoms with Crippen LogP contribution in [0.5, 0.6) is 0 Å². The van der Waals surface area contributed by atoms with Crippen LogP contribution in [-0.4, -0.2) is 23.4 Å². The van der Waals surface area contributed by atoms with Crippen molar-refractivity contribution < 1.29 is 9.84 Å². The number of hydrogen-bond acceptors (Lipinski definition) is 2. The van der Waals surface area contributed by atoms with Gasteiger partial charge in [-0.15, -0.1) is 0 Å². The number of aliphatic hydroxyl groups is 1. The molecule has 0 aliphatic carbocycles. The summed E-state index contributed by atoms with van der Waals surface area (Å²) >= 11 is 0. The Kier molecular flexibility index (Phi) is 2.01. The van der Waals surface area contributed by atoms with Gasteiger partial charge in [-0.3, -0.25) is 0 Å². The fourth-order valence-electron chi connectivity index (χ4n) is 0.935. The van der Waals surface area contributed by atoms with Crippen LogP contribution in [0.25, 0.3) is 0 Å². The van der Waals surface area contributed by atoms with E-state index in [0.717, 1.165) is 13.0 Å². The van der Waals surface area contributed by atoms with Gasteiger partial charge in [-0.05, 0) is 12.3 Å². The molecule has 0 bridgehead atoms. The van der Waals surface area contributed by atoms with Crippen LogP contribution in [0.4, 0.5) is 0 Å². The van der Waals surface area contributed by atoms with E-state index in [-0.39, 0.29) is 5.41 Å². The first kappa shape index (κ1) is 9.01. The maximum atomic E-state index is 9.98. The highest BCUT2D eigenvalue weighted by molar-refractivity contribution is 4.91. The van der Waals surface area contributed by atoms with Crippen LogP contribution in [-0.2, 0) is 4.74 Å². The van der Waals surface area contributed by atoms with E-state index in [1.54, 1.807) is 0 Å². The minimum Gasteiger partial charge on any atom is -0.390 e.